The lowest BCUT2D eigenvalue weighted by atomic mass is 10.0. The predicted octanol–water partition coefficient (Wildman–Crippen LogP) is 4.65. The molecule has 1 atom stereocenters. The van der Waals surface area contributed by atoms with Gasteiger partial charge in [-0.1, -0.05) is 26.0 Å². The topological polar surface area (TPSA) is 89.5 Å². The molecule has 2 N–H and O–H groups in total. The summed E-state index contributed by atoms with van der Waals surface area (Å²) in [5, 5.41) is 7.42. The van der Waals surface area contributed by atoms with Crippen LogP contribution < -0.4 is 20.1 Å². The Morgan fingerprint density at radius 1 is 1.10 bits per heavy atom. The second kappa shape index (κ2) is 10.1. The van der Waals surface area contributed by atoms with Gasteiger partial charge in [0.15, 0.2) is 11.5 Å². The van der Waals surface area contributed by atoms with Crippen LogP contribution in [0.2, 0.25) is 0 Å². The maximum atomic E-state index is 12.8. The Morgan fingerprint density at radius 3 is 2.52 bits per heavy atom. The number of nitrogens with one attached hydrogen (secondary N) is 2. The van der Waals surface area contributed by atoms with Gasteiger partial charge in [0.1, 0.15) is 6.04 Å². The number of thiophene rings is 1. The van der Waals surface area contributed by atoms with Crippen LogP contribution in [0.1, 0.15) is 29.1 Å². The van der Waals surface area contributed by atoms with E-state index in [1.165, 1.54) is 17.5 Å². The highest BCUT2D eigenvalue weighted by Crippen LogP contribution is 2.31. The number of aryl methyl sites for hydroxylation is 1. The van der Waals surface area contributed by atoms with E-state index in [9.17, 15) is 9.59 Å². The maximum absolute atomic E-state index is 12.8. The SMILES string of the molecule is COc1cc(C)ccc1Oc1ccc(NC(=O)C(NC(=O)c2cccs2)C(C)C)cn1. The third-order valence-electron chi connectivity index (χ3n) is 4.52. The molecular weight excluding hydrogens is 414 g/mol. The minimum absolute atomic E-state index is 0.0894. The lowest BCUT2D eigenvalue weighted by Gasteiger charge is -2.21. The molecule has 0 saturated carbocycles. The molecule has 1 aromatic carbocycles. The van der Waals surface area contributed by atoms with Crippen molar-refractivity contribution >= 4 is 28.8 Å². The molecule has 0 spiro atoms. The van der Waals surface area contributed by atoms with Crippen molar-refractivity contribution in [1.29, 1.82) is 0 Å². The summed E-state index contributed by atoms with van der Waals surface area (Å²) >= 11 is 1.33. The summed E-state index contributed by atoms with van der Waals surface area (Å²) in [5.74, 6) is 0.863. The standard InChI is InChI=1S/C23H25N3O4S/c1-14(2)21(26-22(27)19-6-5-11-31-19)23(28)25-16-8-10-20(24-13-16)30-17-9-7-15(3)12-18(17)29-4/h5-14,21H,1-4H3,(H,25,28)(H,26,27). The van der Waals surface area contributed by atoms with Crippen molar-refractivity contribution in [1.82, 2.24) is 10.3 Å². The van der Waals surface area contributed by atoms with Crippen LogP contribution in [-0.4, -0.2) is 29.9 Å². The Labute approximate surface area is 185 Å². The van der Waals surface area contributed by atoms with Crippen LogP contribution in [0.15, 0.2) is 54.0 Å². The number of carbonyl (C=O) groups is 2. The fourth-order valence-electron chi connectivity index (χ4n) is 2.86. The number of anilines is 1. The normalized spacial score (nSPS) is 11.6. The van der Waals surface area contributed by atoms with Gasteiger partial charge in [0.05, 0.1) is 23.9 Å². The van der Waals surface area contributed by atoms with Crippen molar-refractivity contribution in [2.45, 2.75) is 26.8 Å². The second-order valence-electron chi connectivity index (χ2n) is 7.30. The van der Waals surface area contributed by atoms with Gasteiger partial charge in [-0.05, 0) is 48.1 Å². The first kappa shape index (κ1) is 22.3. The molecule has 2 aromatic heterocycles. The van der Waals surface area contributed by atoms with Crippen molar-refractivity contribution < 1.29 is 19.1 Å². The van der Waals surface area contributed by atoms with Crippen LogP contribution in [0.25, 0.3) is 0 Å². The number of methoxy groups -OCH3 is 1. The van der Waals surface area contributed by atoms with Crippen molar-refractivity contribution in [3.05, 3.63) is 64.5 Å². The number of ether oxygens (including phenoxy) is 2. The van der Waals surface area contributed by atoms with E-state index >= 15 is 0 Å². The van der Waals surface area contributed by atoms with Crippen molar-refractivity contribution in [3.8, 4) is 17.4 Å². The number of aromatic nitrogens is 1. The number of hydrogen-bond donors (Lipinski definition) is 2. The summed E-state index contributed by atoms with van der Waals surface area (Å²) in [6.45, 7) is 5.72. The van der Waals surface area contributed by atoms with Crippen LogP contribution in [0, 0.1) is 12.8 Å². The molecule has 0 aliphatic rings. The highest BCUT2D eigenvalue weighted by atomic mass is 32.1. The Balaban J connectivity index is 1.65. The average Bonchev–Trinajstić information content (AvgIpc) is 3.29. The lowest BCUT2D eigenvalue weighted by Crippen LogP contribution is -2.46. The zero-order chi connectivity index (χ0) is 22.4. The van der Waals surface area contributed by atoms with Crippen LogP contribution in [0.4, 0.5) is 5.69 Å². The molecule has 0 aliphatic carbocycles. The van der Waals surface area contributed by atoms with Crippen LogP contribution in [-0.2, 0) is 4.79 Å². The van der Waals surface area contributed by atoms with Crippen LogP contribution in [0.5, 0.6) is 17.4 Å². The lowest BCUT2D eigenvalue weighted by molar-refractivity contribution is -0.118. The highest BCUT2D eigenvalue weighted by Gasteiger charge is 2.25. The largest absolute Gasteiger partial charge is 0.493 e. The molecule has 1 unspecified atom stereocenters. The smallest absolute Gasteiger partial charge is 0.262 e. The van der Waals surface area contributed by atoms with Gasteiger partial charge in [0.25, 0.3) is 5.91 Å². The number of benzene rings is 1. The number of hydrogen-bond acceptors (Lipinski definition) is 6. The quantitative estimate of drug-likeness (QED) is 0.533. The van der Waals surface area contributed by atoms with Gasteiger partial charge in [0, 0.05) is 6.07 Å². The first-order valence-electron chi connectivity index (χ1n) is 9.81. The summed E-state index contributed by atoms with van der Waals surface area (Å²) in [7, 11) is 1.58. The Morgan fingerprint density at radius 2 is 1.90 bits per heavy atom. The second-order valence-corrected chi connectivity index (χ2v) is 8.25. The van der Waals surface area contributed by atoms with Gasteiger partial charge >= 0.3 is 0 Å². The molecule has 0 saturated heterocycles. The molecule has 0 bridgehead atoms. The molecule has 0 fully saturated rings. The third-order valence-corrected chi connectivity index (χ3v) is 5.39. The summed E-state index contributed by atoms with van der Waals surface area (Å²) in [6.07, 6.45) is 1.51. The van der Waals surface area contributed by atoms with E-state index in [-0.39, 0.29) is 17.7 Å². The maximum Gasteiger partial charge on any atom is 0.262 e. The molecule has 3 rings (SSSR count). The molecule has 0 radical (unpaired) electrons. The van der Waals surface area contributed by atoms with Gasteiger partial charge in [0.2, 0.25) is 11.8 Å². The number of nitrogens with zero attached hydrogens (tertiary/aromatic N) is 1. The zero-order valence-electron chi connectivity index (χ0n) is 17.8. The van der Waals surface area contributed by atoms with Gasteiger partial charge in [-0.25, -0.2) is 4.98 Å². The molecule has 8 heteroatoms. The Kier molecular flexibility index (Phi) is 7.25. The summed E-state index contributed by atoms with van der Waals surface area (Å²) < 4.78 is 11.1. The minimum atomic E-state index is -0.678. The van der Waals surface area contributed by atoms with Crippen LogP contribution in [0.3, 0.4) is 0 Å². The molecule has 7 nitrogen and oxygen atoms in total. The van der Waals surface area contributed by atoms with Gasteiger partial charge in [-0.15, -0.1) is 11.3 Å². The van der Waals surface area contributed by atoms with Crippen molar-refractivity contribution in [3.63, 3.8) is 0 Å². The van der Waals surface area contributed by atoms with Crippen molar-refractivity contribution in [2.75, 3.05) is 12.4 Å². The molecule has 2 heterocycles. The Bertz CT molecular complexity index is 1030. The van der Waals surface area contributed by atoms with E-state index in [0.29, 0.717) is 27.9 Å². The van der Waals surface area contributed by atoms with E-state index in [2.05, 4.69) is 15.6 Å². The van der Waals surface area contributed by atoms with E-state index in [0.717, 1.165) is 5.56 Å². The van der Waals surface area contributed by atoms with E-state index in [1.54, 1.807) is 31.4 Å². The first-order chi connectivity index (χ1) is 14.9. The number of amides is 2. The van der Waals surface area contributed by atoms with E-state index in [1.807, 2.05) is 44.4 Å². The van der Waals surface area contributed by atoms with Gasteiger partial charge in [-0.3, -0.25) is 9.59 Å². The zero-order valence-corrected chi connectivity index (χ0v) is 18.7. The van der Waals surface area contributed by atoms with Gasteiger partial charge in [-0.2, -0.15) is 0 Å². The van der Waals surface area contributed by atoms with E-state index < -0.39 is 6.04 Å². The Hall–Kier alpha value is -3.39. The van der Waals surface area contributed by atoms with Crippen molar-refractivity contribution in [2.24, 2.45) is 5.92 Å². The monoisotopic (exact) mass is 439 g/mol. The molecule has 31 heavy (non-hydrogen) atoms. The summed E-state index contributed by atoms with van der Waals surface area (Å²) in [5.41, 5.74) is 1.56. The van der Waals surface area contributed by atoms with Crippen LogP contribution >= 0.6 is 11.3 Å². The molecule has 2 amide bonds. The average molecular weight is 440 g/mol. The summed E-state index contributed by atoms with van der Waals surface area (Å²) in [4.78, 5) is 29.9. The van der Waals surface area contributed by atoms with E-state index in [4.69, 9.17) is 9.47 Å². The molecular formula is C23H25N3O4S. The number of pyridine rings is 1. The number of carbonyl (C=O) groups excluding carboxylic acids is 2. The predicted molar refractivity (Wildman–Crippen MR) is 121 cm³/mol. The minimum Gasteiger partial charge on any atom is -0.493 e. The molecule has 162 valence electrons. The number of rotatable bonds is 8. The molecule has 0 aliphatic heterocycles. The summed E-state index contributed by atoms with van der Waals surface area (Å²) in [6, 6.07) is 11.8. The first-order valence-corrected chi connectivity index (χ1v) is 10.7. The third kappa shape index (κ3) is 5.82. The molecule has 3 aromatic rings. The van der Waals surface area contributed by atoms with Gasteiger partial charge < -0.3 is 20.1 Å². The highest BCUT2D eigenvalue weighted by molar-refractivity contribution is 7.12. The fourth-order valence-corrected chi connectivity index (χ4v) is 3.49. The fraction of sp³-hybridized carbons (Fsp3) is 0.261.